The van der Waals surface area contributed by atoms with E-state index in [1.165, 1.54) is 0 Å². The van der Waals surface area contributed by atoms with Crippen LogP contribution < -0.4 is 4.67 Å². The summed E-state index contributed by atoms with van der Waals surface area (Å²) in [5.74, 6) is 0.981. The van der Waals surface area contributed by atoms with Crippen molar-refractivity contribution in [2.24, 2.45) is 0 Å². The summed E-state index contributed by atoms with van der Waals surface area (Å²) in [5.41, 5.74) is 0. The van der Waals surface area contributed by atoms with E-state index in [9.17, 15) is 0 Å². The highest BCUT2D eigenvalue weighted by atomic mass is 15.4. The van der Waals surface area contributed by atoms with E-state index < -0.39 is 0 Å². The van der Waals surface area contributed by atoms with Gasteiger partial charge in [-0.3, -0.25) is 14.5 Å². The molecule has 3 heteroatoms. The zero-order chi connectivity index (χ0) is 6.85. The quantitative estimate of drug-likeness (QED) is 0.306. The lowest BCUT2D eigenvalue weighted by Gasteiger charge is -2.00. The summed E-state index contributed by atoms with van der Waals surface area (Å²) in [6.45, 7) is 5.59. The van der Waals surface area contributed by atoms with E-state index in [0.29, 0.717) is 0 Å². The minimum absolute atomic E-state index is 0.981. The summed E-state index contributed by atoms with van der Waals surface area (Å²) in [6, 6.07) is 0. The first-order chi connectivity index (χ1) is 4.25. The fraction of sp³-hybridized carbons (Fsp3) is 0.667. The Kier molecular flexibility index (Phi) is 1.45. The van der Waals surface area contributed by atoms with Gasteiger partial charge in [-0.1, -0.05) is 0 Å². The van der Waals surface area contributed by atoms with E-state index in [0.717, 1.165) is 19.0 Å². The van der Waals surface area contributed by atoms with E-state index in [2.05, 4.69) is 21.2 Å². The van der Waals surface area contributed by atoms with E-state index in [1.807, 2.05) is 14.1 Å². The molecule has 0 aromatic heterocycles. The molecule has 1 aliphatic heterocycles. The molecule has 0 saturated carbocycles. The van der Waals surface area contributed by atoms with Crippen LogP contribution in [0.3, 0.4) is 0 Å². The standard InChI is InChI=1S/C6H12N3/c1-7-6-8(2)4-5-9(6)3/h1,4-5H2,2-3H3/q+1. The third-order valence-electron chi connectivity index (χ3n) is 1.60. The smallest absolute Gasteiger partial charge is 0.252 e. The van der Waals surface area contributed by atoms with Crippen molar-refractivity contribution >= 4 is 12.7 Å². The molecule has 1 fully saturated rings. The first-order valence-corrected chi connectivity index (χ1v) is 3.01. The Morgan fingerprint density at radius 3 is 2.00 bits per heavy atom. The topological polar surface area (TPSA) is 20.6 Å². The van der Waals surface area contributed by atoms with Crippen LogP contribution in [0.1, 0.15) is 0 Å². The van der Waals surface area contributed by atoms with Crippen LogP contribution in [0.5, 0.6) is 0 Å². The predicted molar refractivity (Wildman–Crippen MR) is 39.5 cm³/mol. The van der Waals surface area contributed by atoms with Gasteiger partial charge in [0.1, 0.15) is 6.72 Å². The minimum Gasteiger partial charge on any atom is -0.252 e. The Balaban J connectivity index is 2.78. The number of nitrogens with zero attached hydrogens (tertiary/aromatic N) is 3. The summed E-state index contributed by atoms with van der Waals surface area (Å²) in [7, 11) is 4.04. The second kappa shape index (κ2) is 2.11. The maximum atomic E-state index is 3.87. The molecule has 0 radical (unpaired) electrons. The third kappa shape index (κ3) is 0.911. The number of likely N-dealkylation sites (N-methyl/N-ethyl adjacent to an activating group) is 2. The van der Waals surface area contributed by atoms with Crippen molar-refractivity contribution in [1.29, 1.82) is 0 Å². The van der Waals surface area contributed by atoms with Gasteiger partial charge in [0.05, 0.1) is 27.2 Å². The molecule has 0 bridgehead atoms. The molecule has 1 saturated heterocycles. The summed E-state index contributed by atoms with van der Waals surface area (Å²) in [5, 5.41) is 0. The van der Waals surface area contributed by atoms with Crippen LogP contribution >= 0.6 is 0 Å². The fourth-order valence-corrected chi connectivity index (χ4v) is 1.03. The van der Waals surface area contributed by atoms with Crippen LogP contribution in [0, 0.1) is 0 Å². The number of guanidine groups is 1. The third-order valence-corrected chi connectivity index (χ3v) is 1.60. The molecular formula is C6H12N3+. The molecule has 1 heterocycles. The van der Waals surface area contributed by atoms with Crippen molar-refractivity contribution in [3.8, 4) is 0 Å². The van der Waals surface area contributed by atoms with Gasteiger partial charge in [-0.2, -0.15) is 0 Å². The normalized spacial score (nSPS) is 18.7. The average molecular weight is 126 g/mol. The van der Waals surface area contributed by atoms with Gasteiger partial charge in [-0.15, -0.1) is 0 Å². The van der Waals surface area contributed by atoms with Crippen molar-refractivity contribution in [3.05, 3.63) is 0 Å². The van der Waals surface area contributed by atoms with E-state index >= 15 is 0 Å². The van der Waals surface area contributed by atoms with Crippen LogP contribution in [-0.4, -0.2) is 49.7 Å². The van der Waals surface area contributed by atoms with Crippen LogP contribution in [0.25, 0.3) is 0 Å². The highest BCUT2D eigenvalue weighted by Gasteiger charge is 2.28. The SMILES string of the molecule is C=[N+]=C1N(C)CCN1C. The van der Waals surface area contributed by atoms with Crippen molar-refractivity contribution in [2.75, 3.05) is 27.2 Å². The molecule has 0 atom stereocenters. The van der Waals surface area contributed by atoms with Gasteiger partial charge in [-0.05, 0) is 0 Å². The molecule has 50 valence electrons. The second-order valence-corrected chi connectivity index (χ2v) is 2.30. The fourth-order valence-electron chi connectivity index (χ4n) is 1.03. The highest BCUT2D eigenvalue weighted by molar-refractivity contribution is 5.81. The Bertz CT molecular complexity index is 146. The van der Waals surface area contributed by atoms with Crippen molar-refractivity contribution in [1.82, 2.24) is 14.5 Å². The van der Waals surface area contributed by atoms with E-state index in [-0.39, 0.29) is 0 Å². The van der Waals surface area contributed by atoms with Crippen molar-refractivity contribution in [2.45, 2.75) is 0 Å². The number of rotatable bonds is 0. The molecule has 0 aromatic carbocycles. The molecule has 0 N–H and O–H groups in total. The van der Waals surface area contributed by atoms with Gasteiger partial charge in [0, 0.05) is 0 Å². The van der Waals surface area contributed by atoms with Gasteiger partial charge >= 0.3 is 5.96 Å². The molecular weight excluding hydrogens is 114 g/mol. The van der Waals surface area contributed by atoms with Crippen LogP contribution in [0.15, 0.2) is 0 Å². The van der Waals surface area contributed by atoms with E-state index in [1.54, 1.807) is 0 Å². The Hall–Kier alpha value is -0.950. The first-order valence-electron chi connectivity index (χ1n) is 3.01. The first kappa shape index (κ1) is 6.17. The van der Waals surface area contributed by atoms with Crippen molar-refractivity contribution in [3.63, 3.8) is 0 Å². The Labute approximate surface area is 55.3 Å². The van der Waals surface area contributed by atoms with Gasteiger partial charge in [0.2, 0.25) is 0 Å². The van der Waals surface area contributed by atoms with Gasteiger partial charge < -0.3 is 0 Å². The van der Waals surface area contributed by atoms with Gasteiger partial charge in [0.15, 0.2) is 0 Å². The summed E-state index contributed by atoms with van der Waals surface area (Å²) >= 11 is 0. The van der Waals surface area contributed by atoms with Crippen LogP contribution in [0.4, 0.5) is 0 Å². The lowest BCUT2D eigenvalue weighted by molar-refractivity contribution is 0.553. The second-order valence-electron chi connectivity index (χ2n) is 2.30. The van der Waals surface area contributed by atoms with Crippen LogP contribution in [0.2, 0.25) is 0 Å². The number of hydrogen-bond donors (Lipinski definition) is 0. The molecule has 1 aliphatic rings. The van der Waals surface area contributed by atoms with Crippen molar-refractivity contribution < 1.29 is 0 Å². The molecule has 9 heavy (non-hydrogen) atoms. The predicted octanol–water partition coefficient (Wildman–Crippen LogP) is -1.01. The Morgan fingerprint density at radius 2 is 1.78 bits per heavy atom. The molecule has 0 amide bonds. The lowest BCUT2D eigenvalue weighted by Crippen LogP contribution is -2.30. The maximum Gasteiger partial charge on any atom is 0.442 e. The summed E-state index contributed by atoms with van der Waals surface area (Å²) in [6.07, 6.45) is 0. The van der Waals surface area contributed by atoms with Gasteiger partial charge in [-0.25, -0.2) is 0 Å². The monoisotopic (exact) mass is 126 g/mol. The highest BCUT2D eigenvalue weighted by Crippen LogP contribution is 1.98. The molecule has 3 nitrogen and oxygen atoms in total. The van der Waals surface area contributed by atoms with E-state index in [4.69, 9.17) is 0 Å². The number of hydrogen-bond acceptors (Lipinski definition) is 0. The minimum atomic E-state index is 0.981. The molecule has 0 unspecified atom stereocenters. The average Bonchev–Trinajstić information content (AvgIpc) is 2.12. The largest absolute Gasteiger partial charge is 0.442 e. The Morgan fingerprint density at radius 1 is 1.33 bits per heavy atom. The molecule has 1 rings (SSSR count). The zero-order valence-corrected chi connectivity index (χ0v) is 5.96. The summed E-state index contributed by atoms with van der Waals surface area (Å²) in [4.78, 5) is 4.18. The maximum absolute atomic E-state index is 3.87. The zero-order valence-electron chi connectivity index (χ0n) is 5.96. The molecule has 0 aliphatic carbocycles. The lowest BCUT2D eigenvalue weighted by atomic mass is 10.6. The molecule has 0 aromatic rings. The molecule has 0 spiro atoms. The van der Waals surface area contributed by atoms with Gasteiger partial charge in [0.25, 0.3) is 0 Å². The van der Waals surface area contributed by atoms with Crippen LogP contribution in [-0.2, 0) is 0 Å². The summed E-state index contributed by atoms with van der Waals surface area (Å²) < 4.78 is 3.87.